The number of hydrogen-bond donors (Lipinski definition) is 1. The van der Waals surface area contributed by atoms with E-state index < -0.39 is 0 Å². The van der Waals surface area contributed by atoms with Gasteiger partial charge in [0, 0.05) is 36.5 Å². The molecule has 1 saturated heterocycles. The molecule has 3 aromatic heterocycles. The van der Waals surface area contributed by atoms with Gasteiger partial charge in [0.05, 0.1) is 11.7 Å². The molecule has 4 aromatic rings. The highest BCUT2D eigenvalue weighted by atomic mass is 16.2. The van der Waals surface area contributed by atoms with Crippen LogP contribution in [0.4, 0.5) is 0 Å². The minimum absolute atomic E-state index is 0.00481. The maximum absolute atomic E-state index is 13.1. The summed E-state index contributed by atoms with van der Waals surface area (Å²) < 4.78 is 1.75. The van der Waals surface area contributed by atoms with Gasteiger partial charge >= 0.3 is 0 Å². The van der Waals surface area contributed by atoms with Gasteiger partial charge in [-0.2, -0.15) is 10.2 Å². The molecule has 6 nitrogen and oxygen atoms in total. The van der Waals surface area contributed by atoms with E-state index in [9.17, 15) is 4.79 Å². The topological polar surface area (TPSA) is 66.3 Å². The van der Waals surface area contributed by atoms with Crippen LogP contribution in [0.15, 0.2) is 60.9 Å². The zero-order chi connectivity index (χ0) is 19.8. The second-order valence-electron chi connectivity index (χ2n) is 7.75. The van der Waals surface area contributed by atoms with Crippen LogP contribution in [0.25, 0.3) is 16.6 Å². The molecule has 29 heavy (non-hydrogen) atoms. The molecule has 0 radical (unpaired) electrons. The lowest BCUT2D eigenvalue weighted by Gasteiger charge is -2.32. The number of likely N-dealkylation sites (tertiary alicyclic amines) is 1. The van der Waals surface area contributed by atoms with Crippen molar-refractivity contribution in [3.05, 3.63) is 77.9 Å². The Balaban J connectivity index is 1.39. The lowest BCUT2D eigenvalue weighted by Crippen LogP contribution is -2.39. The molecule has 0 saturated carbocycles. The molecule has 4 heterocycles. The van der Waals surface area contributed by atoms with Crippen molar-refractivity contribution in [2.24, 2.45) is 0 Å². The largest absolute Gasteiger partial charge is 0.337 e. The summed E-state index contributed by atoms with van der Waals surface area (Å²) in [5, 5.41) is 12.0. The highest BCUT2D eigenvalue weighted by Crippen LogP contribution is 2.33. The van der Waals surface area contributed by atoms with Gasteiger partial charge < -0.3 is 4.90 Å². The monoisotopic (exact) mass is 385 g/mol. The van der Waals surface area contributed by atoms with Gasteiger partial charge in [-0.05, 0) is 43.5 Å². The van der Waals surface area contributed by atoms with Gasteiger partial charge in [-0.25, -0.2) is 4.52 Å². The normalized spacial score (nSPS) is 17.0. The zero-order valence-electron chi connectivity index (χ0n) is 16.4. The fourth-order valence-electron chi connectivity index (χ4n) is 4.17. The third-order valence-electron chi connectivity index (χ3n) is 5.74. The molecule has 1 N–H and O–H groups in total. The number of fused-ring (bicyclic) bond motifs is 1. The van der Waals surface area contributed by atoms with Crippen LogP contribution in [0.5, 0.6) is 0 Å². The summed E-state index contributed by atoms with van der Waals surface area (Å²) in [6.45, 7) is 3.52. The highest BCUT2D eigenvalue weighted by molar-refractivity contribution is 5.93. The predicted octanol–water partition coefficient (Wildman–Crippen LogP) is 4.05. The first kappa shape index (κ1) is 17.7. The highest BCUT2D eigenvalue weighted by Gasteiger charge is 2.29. The minimum atomic E-state index is -0.00481. The Morgan fingerprint density at radius 2 is 2.03 bits per heavy atom. The van der Waals surface area contributed by atoms with Crippen LogP contribution in [0, 0.1) is 6.92 Å². The first-order chi connectivity index (χ1) is 14.2. The molecule has 1 aliphatic rings. The number of hydrogen-bond acceptors (Lipinski definition) is 3. The van der Waals surface area contributed by atoms with Gasteiger partial charge in [-0.3, -0.25) is 9.89 Å². The van der Waals surface area contributed by atoms with E-state index in [1.54, 1.807) is 4.52 Å². The fraction of sp³-hybridized carbons (Fsp3) is 0.261. The Hall–Kier alpha value is -3.41. The number of pyridine rings is 1. The second-order valence-corrected chi connectivity index (χ2v) is 7.75. The smallest absolute Gasteiger partial charge is 0.274 e. The second kappa shape index (κ2) is 7.20. The Labute approximate surface area is 169 Å². The van der Waals surface area contributed by atoms with Gasteiger partial charge in [-0.15, -0.1) is 0 Å². The minimum Gasteiger partial charge on any atom is -0.337 e. The molecule has 6 heteroatoms. The Bertz CT molecular complexity index is 1120. The number of carbonyl (C=O) groups excluding carboxylic acids is 1. The number of rotatable bonds is 3. The van der Waals surface area contributed by atoms with E-state index >= 15 is 0 Å². The summed E-state index contributed by atoms with van der Waals surface area (Å²) in [5.41, 5.74) is 6.06. The van der Waals surface area contributed by atoms with Crippen LogP contribution in [-0.4, -0.2) is 43.7 Å². The van der Waals surface area contributed by atoms with E-state index in [1.807, 2.05) is 41.6 Å². The maximum atomic E-state index is 13.1. The van der Waals surface area contributed by atoms with Gasteiger partial charge in [0.2, 0.25) is 0 Å². The van der Waals surface area contributed by atoms with E-state index in [2.05, 4.69) is 46.5 Å². The summed E-state index contributed by atoms with van der Waals surface area (Å²) in [6.07, 6.45) is 5.76. The van der Waals surface area contributed by atoms with Crippen molar-refractivity contribution in [3.8, 4) is 11.1 Å². The van der Waals surface area contributed by atoms with Crippen LogP contribution >= 0.6 is 0 Å². The molecule has 1 aliphatic heterocycles. The van der Waals surface area contributed by atoms with E-state index in [1.165, 1.54) is 5.56 Å². The standard InChI is InChI=1S/C23H23N5O/c1-16-7-9-17(10-8-16)20-14-24-25-22(20)18-5-4-11-27(15-18)23(29)21-13-19-6-2-3-12-28(19)26-21/h2-3,6-10,12-14,18H,4-5,11,15H2,1H3,(H,24,25). The van der Waals surface area contributed by atoms with E-state index in [4.69, 9.17) is 0 Å². The zero-order valence-corrected chi connectivity index (χ0v) is 16.4. The van der Waals surface area contributed by atoms with Crippen molar-refractivity contribution in [2.45, 2.75) is 25.7 Å². The molecular weight excluding hydrogens is 362 g/mol. The number of piperidine rings is 1. The SMILES string of the molecule is Cc1ccc(-c2cn[nH]c2C2CCCN(C(=O)c3cc4ccccn4n3)C2)cc1. The van der Waals surface area contributed by atoms with Crippen molar-refractivity contribution in [1.29, 1.82) is 0 Å². The van der Waals surface area contributed by atoms with Crippen molar-refractivity contribution in [3.63, 3.8) is 0 Å². The number of H-pyrrole nitrogens is 1. The molecule has 1 unspecified atom stereocenters. The van der Waals surface area contributed by atoms with Crippen molar-refractivity contribution in [2.75, 3.05) is 13.1 Å². The molecule has 1 atom stereocenters. The van der Waals surface area contributed by atoms with Crippen LogP contribution in [0.1, 0.15) is 40.5 Å². The number of benzene rings is 1. The molecular formula is C23H23N5O. The van der Waals surface area contributed by atoms with Gasteiger partial charge in [0.1, 0.15) is 0 Å². The maximum Gasteiger partial charge on any atom is 0.274 e. The first-order valence-electron chi connectivity index (χ1n) is 10.0. The van der Waals surface area contributed by atoms with Crippen LogP contribution in [0.2, 0.25) is 0 Å². The quantitative estimate of drug-likeness (QED) is 0.578. The molecule has 5 rings (SSSR count). The van der Waals surface area contributed by atoms with Gasteiger partial charge in [0.25, 0.3) is 5.91 Å². The van der Waals surface area contributed by atoms with Crippen molar-refractivity contribution >= 4 is 11.4 Å². The third kappa shape index (κ3) is 3.31. The summed E-state index contributed by atoms with van der Waals surface area (Å²) in [4.78, 5) is 15.0. The average molecular weight is 385 g/mol. The number of nitrogens with one attached hydrogen (secondary N) is 1. The van der Waals surface area contributed by atoms with Crippen LogP contribution in [-0.2, 0) is 0 Å². The Morgan fingerprint density at radius 1 is 1.17 bits per heavy atom. The van der Waals surface area contributed by atoms with Crippen LogP contribution in [0.3, 0.4) is 0 Å². The predicted molar refractivity (Wildman–Crippen MR) is 112 cm³/mol. The van der Waals surface area contributed by atoms with Crippen molar-refractivity contribution < 1.29 is 4.79 Å². The lowest BCUT2D eigenvalue weighted by atomic mass is 9.90. The summed E-state index contributed by atoms with van der Waals surface area (Å²) in [5.74, 6) is 0.235. The summed E-state index contributed by atoms with van der Waals surface area (Å²) in [7, 11) is 0. The Morgan fingerprint density at radius 3 is 2.86 bits per heavy atom. The third-order valence-corrected chi connectivity index (χ3v) is 5.74. The van der Waals surface area contributed by atoms with E-state index in [0.717, 1.165) is 41.7 Å². The number of nitrogens with zero attached hydrogens (tertiary/aromatic N) is 4. The number of aryl methyl sites for hydroxylation is 1. The number of amides is 1. The molecule has 146 valence electrons. The Kier molecular flexibility index (Phi) is 4.39. The summed E-state index contributed by atoms with van der Waals surface area (Å²) >= 11 is 0. The van der Waals surface area contributed by atoms with E-state index in [-0.39, 0.29) is 11.8 Å². The lowest BCUT2D eigenvalue weighted by molar-refractivity contribution is 0.0699. The fourth-order valence-corrected chi connectivity index (χ4v) is 4.17. The molecule has 0 aliphatic carbocycles. The van der Waals surface area contributed by atoms with E-state index in [0.29, 0.717) is 12.2 Å². The first-order valence-corrected chi connectivity index (χ1v) is 10.0. The van der Waals surface area contributed by atoms with Gasteiger partial charge in [0.15, 0.2) is 5.69 Å². The number of carbonyl (C=O) groups is 1. The molecule has 1 amide bonds. The average Bonchev–Trinajstić information content (AvgIpc) is 3.41. The van der Waals surface area contributed by atoms with Crippen LogP contribution < -0.4 is 0 Å². The number of aromatic amines is 1. The molecule has 0 spiro atoms. The summed E-state index contributed by atoms with van der Waals surface area (Å²) in [6, 6.07) is 16.2. The van der Waals surface area contributed by atoms with Gasteiger partial charge in [-0.1, -0.05) is 35.9 Å². The molecule has 0 bridgehead atoms. The molecule has 1 aromatic carbocycles. The van der Waals surface area contributed by atoms with Crippen molar-refractivity contribution in [1.82, 2.24) is 24.7 Å². The molecule has 1 fully saturated rings. The number of aromatic nitrogens is 4.